The topological polar surface area (TPSA) is 203 Å². The first kappa shape index (κ1) is 87.4. The molecule has 0 aromatic carbocycles. The van der Waals surface area contributed by atoms with Crippen LogP contribution < -0.4 is 0 Å². The highest BCUT2D eigenvalue weighted by Crippen LogP contribution is 2.55. The number of phosphoric acid groups is 1. The summed E-state index contributed by atoms with van der Waals surface area (Å²) in [6.45, 7) is 34.2. The molecule has 0 saturated carbocycles. The lowest BCUT2D eigenvalue weighted by Crippen LogP contribution is -2.22. The molecule has 0 aliphatic rings. The summed E-state index contributed by atoms with van der Waals surface area (Å²) in [5, 5.41) is 0. The van der Waals surface area contributed by atoms with E-state index in [0.717, 1.165) is 231 Å². The number of carbonyl (C=O) groups is 6. The third-order valence-electron chi connectivity index (χ3n) is 15.8. The van der Waals surface area contributed by atoms with Gasteiger partial charge in [-0.15, -0.1) is 0 Å². The molecule has 0 heterocycles. The van der Waals surface area contributed by atoms with Crippen LogP contribution in [0.4, 0.5) is 0 Å². The fourth-order valence-electron chi connectivity index (χ4n) is 10.2. The number of carbonyl (C=O) groups excluding carboxylic acids is 6. The molecule has 17 heteroatoms. The van der Waals surface area contributed by atoms with Crippen molar-refractivity contribution in [3.05, 3.63) is 72.9 Å². The van der Waals surface area contributed by atoms with Crippen LogP contribution in [-0.4, -0.2) is 93.8 Å². The Hall–Kier alpha value is -4.63. The van der Waals surface area contributed by atoms with Crippen LogP contribution in [0.5, 0.6) is 0 Å². The zero-order valence-corrected chi connectivity index (χ0v) is 59.8. The smallest absolute Gasteiger partial charge is 0.462 e. The Kier molecular flexibility index (Phi) is 55.9. The largest absolute Gasteiger partial charge is 0.475 e. The van der Waals surface area contributed by atoms with Crippen LogP contribution in [0.15, 0.2) is 72.9 Å². The van der Waals surface area contributed by atoms with E-state index < -0.39 is 7.82 Å². The van der Waals surface area contributed by atoms with Crippen molar-refractivity contribution >= 4 is 43.6 Å². The first-order valence-electron chi connectivity index (χ1n) is 35.7. The van der Waals surface area contributed by atoms with Crippen LogP contribution in [0.1, 0.15) is 311 Å². The second kappa shape index (κ2) is 58.9. The van der Waals surface area contributed by atoms with Gasteiger partial charge in [-0.1, -0.05) is 232 Å². The maximum Gasteiger partial charge on any atom is 0.475 e. The average molecular weight is 1320 g/mol. The maximum absolute atomic E-state index is 16.1. The van der Waals surface area contributed by atoms with Crippen molar-refractivity contribution < 1.29 is 75.3 Å². The fraction of sp³-hybridized carbons (Fsp3) is 0.760. The molecule has 0 aliphatic heterocycles. The first-order chi connectivity index (χ1) is 44.1. The van der Waals surface area contributed by atoms with Gasteiger partial charge in [-0.05, 0) is 119 Å². The summed E-state index contributed by atoms with van der Waals surface area (Å²) in [4.78, 5) is 71.4. The van der Waals surface area contributed by atoms with Gasteiger partial charge in [0.25, 0.3) is 0 Å². The number of phosphoric ester groups is 1. The van der Waals surface area contributed by atoms with Crippen LogP contribution in [0, 0.1) is 0 Å². The monoisotopic (exact) mass is 1320 g/mol. The standard InChI is InChI=1S/C75H129O16P/c1-61(2)70(76)83-55-43-31-19-13-25-37-49-67(50-38-26-14-20-32-44-56-84-71(77)62(3)4)89-92(82,90-68(51-39-27-15-21-33-45-57-85-72(78)63(5)6)52-40-28-16-22-34-46-58-86-73(79)64(7)8)91-69(53-41-29-17-23-35-47-59-87-74(80)65(9)10)54-42-30-18-24-36-48-60-88-75(81)66(11)12/h67-69H,1,3,5,7,9,11,13-60H2,2,4,6,8,10,12H3. The Morgan fingerprint density at radius 1 is 0.228 bits per heavy atom. The average Bonchev–Trinajstić information content (AvgIpc) is 1.82. The summed E-state index contributed by atoms with van der Waals surface area (Å²) in [6.07, 6.45) is 36.7. The highest BCUT2D eigenvalue weighted by atomic mass is 31.2. The number of unbranched alkanes of at least 4 members (excludes halogenated alkanes) is 30. The van der Waals surface area contributed by atoms with Crippen molar-refractivity contribution in [1.29, 1.82) is 0 Å². The number of esters is 6. The molecule has 92 heavy (non-hydrogen) atoms. The van der Waals surface area contributed by atoms with Crippen LogP contribution in [-0.2, 0) is 75.3 Å². The maximum atomic E-state index is 16.1. The molecule has 0 N–H and O–H groups in total. The molecular formula is C75H129O16P. The zero-order valence-electron chi connectivity index (χ0n) is 58.9. The van der Waals surface area contributed by atoms with Gasteiger partial charge in [0.2, 0.25) is 0 Å². The van der Waals surface area contributed by atoms with E-state index >= 15 is 4.57 Å². The molecule has 0 aliphatic carbocycles. The molecule has 0 fully saturated rings. The van der Waals surface area contributed by atoms with Crippen LogP contribution in [0.2, 0.25) is 0 Å². The van der Waals surface area contributed by atoms with Gasteiger partial charge in [0.1, 0.15) is 0 Å². The van der Waals surface area contributed by atoms with Gasteiger partial charge in [-0.2, -0.15) is 0 Å². The number of rotatable bonds is 66. The van der Waals surface area contributed by atoms with Crippen molar-refractivity contribution in [2.24, 2.45) is 0 Å². The third-order valence-corrected chi connectivity index (χ3v) is 17.5. The summed E-state index contributed by atoms with van der Waals surface area (Å²) in [5.41, 5.74) is 2.38. The van der Waals surface area contributed by atoms with Crippen molar-refractivity contribution in [2.45, 2.75) is 330 Å². The SMILES string of the molecule is C=C(C)C(=O)OCCCCCCCCC(CCCCCCCCOC(=O)C(=C)C)OP(=O)(OC(CCCCCCCCOC(=O)C(=C)C)CCCCCCCCOC(=O)C(=C)C)OC(CCCCCCCCOC(=O)C(=C)C)CCCCCCCCOC(=O)C(=C)C. The summed E-state index contributed by atoms with van der Waals surface area (Å²) in [5.74, 6) is -2.16. The molecule has 0 saturated heterocycles. The number of hydrogen-bond acceptors (Lipinski definition) is 16. The highest BCUT2D eigenvalue weighted by molar-refractivity contribution is 7.48. The molecule has 0 bridgehead atoms. The summed E-state index contributed by atoms with van der Waals surface area (Å²) in [7, 11) is -4.21. The lowest BCUT2D eigenvalue weighted by Gasteiger charge is -2.31. The second-order valence-corrected chi connectivity index (χ2v) is 27.1. The molecule has 0 amide bonds. The molecule has 0 aromatic heterocycles. The van der Waals surface area contributed by atoms with Gasteiger partial charge in [-0.3, -0.25) is 13.6 Å². The first-order valence-corrected chi connectivity index (χ1v) is 37.2. The molecule has 0 aromatic rings. The molecule has 16 nitrogen and oxygen atoms in total. The number of ether oxygens (including phenoxy) is 6. The number of hydrogen-bond donors (Lipinski definition) is 0. The van der Waals surface area contributed by atoms with E-state index in [1.54, 1.807) is 41.5 Å². The molecule has 0 rings (SSSR count). The van der Waals surface area contributed by atoms with Crippen molar-refractivity contribution in [3.63, 3.8) is 0 Å². The third kappa shape index (κ3) is 53.7. The summed E-state index contributed by atoms with van der Waals surface area (Å²) < 4.78 is 69.0. The van der Waals surface area contributed by atoms with Gasteiger partial charge in [-0.25, -0.2) is 33.3 Å². The van der Waals surface area contributed by atoms with E-state index in [2.05, 4.69) is 39.5 Å². The fourth-order valence-corrected chi connectivity index (χ4v) is 12.1. The molecule has 530 valence electrons. The molecule has 0 atom stereocenters. The molecule has 0 unspecified atom stereocenters. The zero-order chi connectivity index (χ0) is 68.5. The summed E-state index contributed by atoms with van der Waals surface area (Å²) >= 11 is 0. The Morgan fingerprint density at radius 2 is 0.348 bits per heavy atom. The van der Waals surface area contributed by atoms with Crippen LogP contribution in [0.3, 0.4) is 0 Å². The second-order valence-electron chi connectivity index (χ2n) is 25.6. The lowest BCUT2D eigenvalue weighted by atomic mass is 10.0. The van der Waals surface area contributed by atoms with Gasteiger partial charge in [0, 0.05) is 33.4 Å². The predicted molar refractivity (Wildman–Crippen MR) is 371 cm³/mol. The highest BCUT2D eigenvalue weighted by Gasteiger charge is 2.37. The van der Waals surface area contributed by atoms with E-state index in [9.17, 15) is 28.8 Å². The Balaban J connectivity index is 6.84. The normalized spacial score (nSPS) is 11.4. The minimum atomic E-state index is -4.21. The Bertz CT molecular complexity index is 1780. The van der Waals surface area contributed by atoms with Gasteiger partial charge < -0.3 is 28.4 Å². The van der Waals surface area contributed by atoms with E-state index in [4.69, 9.17) is 42.0 Å². The lowest BCUT2D eigenvalue weighted by molar-refractivity contribution is -0.139. The van der Waals surface area contributed by atoms with E-state index in [1.165, 1.54) is 0 Å². The van der Waals surface area contributed by atoms with Gasteiger partial charge in [0.15, 0.2) is 0 Å². The van der Waals surface area contributed by atoms with Crippen molar-refractivity contribution in [3.8, 4) is 0 Å². The van der Waals surface area contributed by atoms with E-state index in [1.807, 2.05) is 0 Å². The minimum absolute atomic E-state index is 0.360. The van der Waals surface area contributed by atoms with E-state index in [-0.39, 0.29) is 54.1 Å². The Morgan fingerprint density at radius 3 is 0.478 bits per heavy atom. The Labute approximate surface area is 558 Å². The van der Waals surface area contributed by atoms with Crippen LogP contribution >= 0.6 is 7.82 Å². The van der Waals surface area contributed by atoms with Gasteiger partial charge >= 0.3 is 43.6 Å². The summed E-state index contributed by atoms with van der Waals surface area (Å²) in [6, 6.07) is 0. The quantitative estimate of drug-likeness (QED) is 0.0183. The molecule has 0 radical (unpaired) electrons. The molecular weight excluding hydrogens is 1190 g/mol. The predicted octanol–water partition coefficient (Wildman–Crippen LogP) is 20.4. The van der Waals surface area contributed by atoms with Crippen LogP contribution in [0.25, 0.3) is 0 Å². The minimum Gasteiger partial charge on any atom is -0.462 e. The van der Waals surface area contributed by atoms with Gasteiger partial charge in [0.05, 0.1) is 58.0 Å². The van der Waals surface area contributed by atoms with E-state index in [0.29, 0.717) is 112 Å². The molecule has 0 spiro atoms. The van der Waals surface area contributed by atoms with Crippen molar-refractivity contribution in [2.75, 3.05) is 39.6 Å². The van der Waals surface area contributed by atoms with Crippen molar-refractivity contribution in [1.82, 2.24) is 0 Å².